The molecule has 0 saturated carbocycles. The first kappa shape index (κ1) is 15.9. The van der Waals surface area contributed by atoms with E-state index in [1.54, 1.807) is 36.5 Å². The lowest BCUT2D eigenvalue weighted by Gasteiger charge is -2.09. The van der Waals surface area contributed by atoms with Crippen LogP contribution in [0.3, 0.4) is 0 Å². The van der Waals surface area contributed by atoms with Crippen molar-refractivity contribution in [2.45, 2.75) is 0 Å². The second-order valence-electron chi connectivity index (χ2n) is 6.08. The number of phenolic OH excluding ortho intramolecular Hbond substituents is 2. The summed E-state index contributed by atoms with van der Waals surface area (Å²) in [6.45, 7) is 0. The number of fused-ring (bicyclic) bond motifs is 1. The number of hydrogen-bond donors (Lipinski definition) is 2. The van der Waals surface area contributed by atoms with Gasteiger partial charge in [0.2, 0.25) is 0 Å². The second-order valence-corrected chi connectivity index (χ2v) is 6.08. The maximum absolute atomic E-state index is 10.2. The fraction of sp³-hybridized carbons (Fsp3) is 0. The van der Waals surface area contributed by atoms with Crippen molar-refractivity contribution >= 4 is 22.7 Å². The van der Waals surface area contributed by atoms with Crippen molar-refractivity contribution < 1.29 is 10.2 Å². The highest BCUT2D eigenvalue weighted by molar-refractivity contribution is 5.98. The van der Waals surface area contributed by atoms with Gasteiger partial charge in [-0.1, -0.05) is 54.6 Å². The first-order chi connectivity index (χ1) is 12.7. The van der Waals surface area contributed by atoms with Crippen molar-refractivity contribution in [3.63, 3.8) is 0 Å². The molecule has 0 spiro atoms. The summed E-state index contributed by atoms with van der Waals surface area (Å²) in [5.74, 6) is 0.325. The molecule has 4 rings (SSSR count). The Labute approximate surface area is 151 Å². The van der Waals surface area contributed by atoms with Gasteiger partial charge in [-0.3, -0.25) is 4.99 Å². The van der Waals surface area contributed by atoms with Crippen molar-refractivity contribution in [2.75, 3.05) is 0 Å². The van der Waals surface area contributed by atoms with Gasteiger partial charge in [0.15, 0.2) is 0 Å². The van der Waals surface area contributed by atoms with Crippen LogP contribution in [0.25, 0.3) is 21.9 Å². The summed E-state index contributed by atoms with van der Waals surface area (Å²) in [5.41, 5.74) is 3.37. The molecule has 0 aliphatic carbocycles. The molecule has 0 radical (unpaired) electrons. The van der Waals surface area contributed by atoms with E-state index in [9.17, 15) is 10.2 Å². The van der Waals surface area contributed by atoms with Gasteiger partial charge < -0.3 is 10.2 Å². The zero-order valence-electron chi connectivity index (χ0n) is 14.0. The van der Waals surface area contributed by atoms with E-state index >= 15 is 0 Å². The molecule has 0 heterocycles. The van der Waals surface area contributed by atoms with Crippen LogP contribution in [0, 0.1) is 0 Å². The van der Waals surface area contributed by atoms with E-state index in [0.29, 0.717) is 11.3 Å². The zero-order valence-corrected chi connectivity index (χ0v) is 14.0. The molecule has 126 valence electrons. The van der Waals surface area contributed by atoms with Crippen LogP contribution in [-0.2, 0) is 0 Å². The molecule has 2 N–H and O–H groups in total. The Morgan fingerprint density at radius 3 is 2.42 bits per heavy atom. The van der Waals surface area contributed by atoms with Crippen molar-refractivity contribution in [3.05, 3.63) is 90.5 Å². The Balaban J connectivity index is 1.77. The number of nitrogens with zero attached hydrogens (tertiary/aromatic N) is 1. The third kappa shape index (κ3) is 3.15. The van der Waals surface area contributed by atoms with E-state index in [0.717, 1.165) is 16.5 Å². The van der Waals surface area contributed by atoms with E-state index < -0.39 is 0 Å². The summed E-state index contributed by atoms with van der Waals surface area (Å²) < 4.78 is 0. The molecule has 0 saturated heterocycles. The van der Waals surface area contributed by atoms with Gasteiger partial charge in [0, 0.05) is 17.8 Å². The van der Waals surface area contributed by atoms with Gasteiger partial charge in [-0.15, -0.1) is 0 Å². The molecule has 4 aromatic carbocycles. The molecule has 0 aliphatic heterocycles. The molecule has 0 amide bonds. The molecule has 26 heavy (non-hydrogen) atoms. The summed E-state index contributed by atoms with van der Waals surface area (Å²) in [4.78, 5) is 4.35. The first-order valence-corrected chi connectivity index (χ1v) is 8.35. The van der Waals surface area contributed by atoms with Crippen LogP contribution in [0.15, 0.2) is 89.9 Å². The van der Waals surface area contributed by atoms with E-state index in [1.807, 2.05) is 30.3 Å². The second kappa shape index (κ2) is 6.73. The Hall–Kier alpha value is -3.59. The van der Waals surface area contributed by atoms with Gasteiger partial charge >= 0.3 is 0 Å². The minimum Gasteiger partial charge on any atom is -0.508 e. The minimum absolute atomic E-state index is 0.161. The van der Waals surface area contributed by atoms with Crippen LogP contribution >= 0.6 is 0 Å². The van der Waals surface area contributed by atoms with Crippen LogP contribution in [0.5, 0.6) is 11.5 Å². The molecule has 0 bridgehead atoms. The highest BCUT2D eigenvalue weighted by atomic mass is 16.3. The Morgan fingerprint density at radius 2 is 1.54 bits per heavy atom. The molecule has 0 aliphatic rings. The average molecular weight is 339 g/mol. The van der Waals surface area contributed by atoms with Crippen LogP contribution in [0.1, 0.15) is 5.56 Å². The van der Waals surface area contributed by atoms with Crippen molar-refractivity contribution in [1.82, 2.24) is 0 Å². The summed E-state index contributed by atoms with van der Waals surface area (Å²) in [6, 6.07) is 26.6. The standard InChI is InChI=1S/C23H17NO2/c25-20-8-4-7-19(14-20)24-15-18-13-17(11-12-23(18)26)22-10-3-6-16-5-1-2-9-21(16)22/h1-15,25-26H. The molecule has 3 heteroatoms. The Bertz CT molecular complexity index is 1110. The fourth-order valence-electron chi connectivity index (χ4n) is 3.02. The fourth-order valence-corrected chi connectivity index (χ4v) is 3.02. The third-order valence-electron chi connectivity index (χ3n) is 4.31. The van der Waals surface area contributed by atoms with Crippen molar-refractivity contribution in [1.29, 1.82) is 0 Å². The quantitative estimate of drug-likeness (QED) is 0.473. The van der Waals surface area contributed by atoms with Gasteiger partial charge in [0.1, 0.15) is 11.5 Å². The summed E-state index contributed by atoms with van der Waals surface area (Å²) in [7, 11) is 0. The van der Waals surface area contributed by atoms with Gasteiger partial charge in [-0.25, -0.2) is 0 Å². The molecular weight excluding hydrogens is 322 g/mol. The summed E-state index contributed by atoms with van der Waals surface area (Å²) in [5, 5.41) is 22.1. The predicted molar refractivity (Wildman–Crippen MR) is 106 cm³/mol. The topological polar surface area (TPSA) is 52.8 Å². The van der Waals surface area contributed by atoms with Gasteiger partial charge in [-0.2, -0.15) is 0 Å². The lowest BCUT2D eigenvalue weighted by Crippen LogP contribution is -1.86. The van der Waals surface area contributed by atoms with E-state index in [2.05, 4.69) is 29.3 Å². The summed E-state index contributed by atoms with van der Waals surface area (Å²) >= 11 is 0. The number of hydrogen-bond acceptors (Lipinski definition) is 3. The Morgan fingerprint density at radius 1 is 0.731 bits per heavy atom. The van der Waals surface area contributed by atoms with Gasteiger partial charge in [-0.05, 0) is 46.2 Å². The third-order valence-corrected chi connectivity index (χ3v) is 4.31. The number of phenols is 2. The lowest BCUT2D eigenvalue weighted by atomic mass is 9.97. The SMILES string of the molecule is Oc1cccc(N=Cc2cc(-c3cccc4ccccc34)ccc2O)c1. The van der Waals surface area contributed by atoms with Crippen molar-refractivity contribution in [3.8, 4) is 22.6 Å². The van der Waals surface area contributed by atoms with Crippen LogP contribution in [0.4, 0.5) is 5.69 Å². The monoisotopic (exact) mass is 339 g/mol. The van der Waals surface area contributed by atoms with Crippen LogP contribution < -0.4 is 0 Å². The van der Waals surface area contributed by atoms with Gasteiger partial charge in [0.05, 0.1) is 5.69 Å². The number of benzene rings is 4. The minimum atomic E-state index is 0.161. The maximum atomic E-state index is 10.2. The van der Waals surface area contributed by atoms with Crippen LogP contribution in [-0.4, -0.2) is 16.4 Å². The normalized spacial score (nSPS) is 11.2. The highest BCUT2D eigenvalue weighted by Crippen LogP contribution is 2.31. The molecule has 3 nitrogen and oxygen atoms in total. The van der Waals surface area contributed by atoms with Gasteiger partial charge in [0.25, 0.3) is 0 Å². The number of aliphatic imine (C=N–C) groups is 1. The lowest BCUT2D eigenvalue weighted by molar-refractivity contribution is 0.474. The first-order valence-electron chi connectivity index (χ1n) is 8.35. The highest BCUT2D eigenvalue weighted by Gasteiger charge is 2.06. The van der Waals surface area contributed by atoms with E-state index in [-0.39, 0.29) is 11.5 Å². The molecule has 4 aromatic rings. The molecular formula is C23H17NO2. The van der Waals surface area contributed by atoms with Crippen LogP contribution in [0.2, 0.25) is 0 Å². The summed E-state index contributed by atoms with van der Waals surface area (Å²) in [6.07, 6.45) is 1.61. The van der Waals surface area contributed by atoms with E-state index in [4.69, 9.17) is 0 Å². The number of rotatable bonds is 3. The molecule has 0 atom stereocenters. The van der Waals surface area contributed by atoms with Crippen molar-refractivity contribution in [2.24, 2.45) is 4.99 Å². The molecule has 0 aromatic heterocycles. The Kier molecular flexibility index (Phi) is 4.12. The molecule has 0 unspecified atom stereocenters. The number of aromatic hydroxyl groups is 2. The largest absolute Gasteiger partial charge is 0.508 e. The molecule has 0 fully saturated rings. The van der Waals surface area contributed by atoms with E-state index in [1.165, 1.54) is 5.39 Å². The maximum Gasteiger partial charge on any atom is 0.124 e. The predicted octanol–water partition coefficient (Wildman–Crippen LogP) is 5.67. The zero-order chi connectivity index (χ0) is 17.9. The smallest absolute Gasteiger partial charge is 0.124 e. The average Bonchev–Trinajstić information content (AvgIpc) is 2.67.